The minimum absolute atomic E-state index is 0.247. The van der Waals surface area contributed by atoms with Crippen molar-refractivity contribution in [3.8, 4) is 10.6 Å². The number of esters is 1. The first kappa shape index (κ1) is 14.3. The second-order valence-corrected chi connectivity index (χ2v) is 5.08. The number of pyridine rings is 1. The van der Waals surface area contributed by atoms with E-state index in [0.717, 1.165) is 10.6 Å². The predicted octanol–water partition coefficient (Wildman–Crippen LogP) is 2.65. The molecule has 5 nitrogen and oxygen atoms in total. The predicted molar refractivity (Wildman–Crippen MR) is 75.7 cm³/mol. The van der Waals surface area contributed by atoms with E-state index in [1.165, 1.54) is 11.3 Å². The number of ether oxygens (including phenoxy) is 1. The second kappa shape index (κ2) is 6.38. The van der Waals surface area contributed by atoms with Gasteiger partial charge in [0.2, 0.25) is 0 Å². The second-order valence-electron chi connectivity index (χ2n) is 4.08. The van der Waals surface area contributed by atoms with Crippen molar-refractivity contribution in [1.29, 1.82) is 0 Å². The molecule has 0 fully saturated rings. The number of carbonyl (C=O) groups excluding carboxylic acids is 2. The minimum atomic E-state index is -0.506. The van der Waals surface area contributed by atoms with Crippen molar-refractivity contribution in [3.63, 3.8) is 0 Å². The van der Waals surface area contributed by atoms with Crippen molar-refractivity contribution in [1.82, 2.24) is 9.97 Å². The molecule has 0 saturated carbocycles. The van der Waals surface area contributed by atoms with Gasteiger partial charge in [-0.05, 0) is 26.0 Å². The Kier molecular flexibility index (Phi) is 4.57. The molecule has 0 N–H and O–H groups in total. The zero-order chi connectivity index (χ0) is 14.5. The zero-order valence-electron chi connectivity index (χ0n) is 11.3. The van der Waals surface area contributed by atoms with Gasteiger partial charge in [-0.1, -0.05) is 0 Å². The van der Waals surface area contributed by atoms with Crippen molar-refractivity contribution in [2.24, 2.45) is 0 Å². The summed E-state index contributed by atoms with van der Waals surface area (Å²) in [6.45, 7) is 3.74. The zero-order valence-corrected chi connectivity index (χ0v) is 12.1. The van der Waals surface area contributed by atoms with E-state index in [2.05, 4.69) is 9.97 Å². The first-order valence-corrected chi connectivity index (χ1v) is 7.00. The van der Waals surface area contributed by atoms with Crippen LogP contribution in [0, 0.1) is 6.92 Å². The first-order valence-electron chi connectivity index (χ1n) is 6.18. The van der Waals surface area contributed by atoms with E-state index in [1.807, 2.05) is 12.1 Å². The van der Waals surface area contributed by atoms with Gasteiger partial charge in [-0.3, -0.25) is 14.6 Å². The SMILES string of the molecule is CCOC(=O)CC(=O)c1sc(-c2cccnc2)nc1C. The third-order valence-electron chi connectivity index (χ3n) is 2.57. The third-order valence-corrected chi connectivity index (χ3v) is 3.82. The molecule has 0 bridgehead atoms. The monoisotopic (exact) mass is 290 g/mol. The largest absolute Gasteiger partial charge is 0.466 e. The Labute approximate surface area is 120 Å². The lowest BCUT2D eigenvalue weighted by molar-refractivity contribution is -0.141. The number of carbonyl (C=O) groups is 2. The number of hydrogen-bond acceptors (Lipinski definition) is 6. The lowest BCUT2D eigenvalue weighted by Crippen LogP contribution is -2.11. The normalized spacial score (nSPS) is 10.3. The first-order chi connectivity index (χ1) is 9.61. The summed E-state index contributed by atoms with van der Waals surface area (Å²) < 4.78 is 4.78. The minimum Gasteiger partial charge on any atom is -0.466 e. The van der Waals surface area contributed by atoms with Crippen LogP contribution in [0.3, 0.4) is 0 Å². The Morgan fingerprint density at radius 2 is 2.20 bits per heavy atom. The molecule has 6 heteroatoms. The van der Waals surface area contributed by atoms with Crippen molar-refractivity contribution < 1.29 is 14.3 Å². The molecule has 0 aliphatic rings. The van der Waals surface area contributed by atoms with E-state index in [0.29, 0.717) is 10.6 Å². The van der Waals surface area contributed by atoms with Gasteiger partial charge in [0.25, 0.3) is 0 Å². The number of ketones is 1. The van der Waals surface area contributed by atoms with E-state index in [9.17, 15) is 9.59 Å². The quantitative estimate of drug-likeness (QED) is 0.481. The van der Waals surface area contributed by atoms with E-state index >= 15 is 0 Å². The van der Waals surface area contributed by atoms with Crippen LogP contribution in [0.4, 0.5) is 0 Å². The average Bonchev–Trinajstić information content (AvgIpc) is 2.82. The van der Waals surface area contributed by atoms with E-state index in [1.54, 1.807) is 26.2 Å². The highest BCUT2D eigenvalue weighted by Crippen LogP contribution is 2.28. The Bertz CT molecular complexity index is 623. The summed E-state index contributed by atoms with van der Waals surface area (Å²) in [6, 6.07) is 3.69. The lowest BCUT2D eigenvalue weighted by Gasteiger charge is -1.99. The van der Waals surface area contributed by atoms with E-state index in [-0.39, 0.29) is 18.8 Å². The summed E-state index contributed by atoms with van der Waals surface area (Å²) in [5.41, 5.74) is 1.49. The molecule has 0 aliphatic heterocycles. The van der Waals surface area contributed by atoms with Gasteiger partial charge < -0.3 is 4.74 Å². The molecule has 2 aromatic heterocycles. The standard InChI is InChI=1S/C14H14N2O3S/c1-3-19-12(18)7-11(17)13-9(2)16-14(20-13)10-5-4-6-15-8-10/h4-6,8H,3,7H2,1-2H3. The summed E-state index contributed by atoms with van der Waals surface area (Å²) in [4.78, 5) is 32.3. The van der Waals surface area contributed by atoms with Crippen molar-refractivity contribution in [2.45, 2.75) is 20.3 Å². The van der Waals surface area contributed by atoms with Gasteiger partial charge in [-0.2, -0.15) is 0 Å². The molecule has 104 valence electrons. The van der Waals surface area contributed by atoms with Crippen LogP contribution >= 0.6 is 11.3 Å². The van der Waals surface area contributed by atoms with Crippen LogP contribution in [0.25, 0.3) is 10.6 Å². The van der Waals surface area contributed by atoms with Crippen LogP contribution < -0.4 is 0 Å². The van der Waals surface area contributed by atoms with Crippen molar-refractivity contribution >= 4 is 23.1 Å². The van der Waals surface area contributed by atoms with E-state index < -0.39 is 5.97 Å². The average molecular weight is 290 g/mol. The Morgan fingerprint density at radius 1 is 1.40 bits per heavy atom. The van der Waals surface area contributed by atoms with Crippen LogP contribution in [-0.4, -0.2) is 28.3 Å². The topological polar surface area (TPSA) is 69.2 Å². The fraction of sp³-hybridized carbons (Fsp3) is 0.286. The van der Waals surface area contributed by atoms with Gasteiger partial charge >= 0.3 is 5.97 Å². The molecule has 2 aromatic rings. The molecular formula is C14H14N2O3S. The van der Waals surface area contributed by atoms with Crippen molar-refractivity contribution in [3.05, 3.63) is 35.1 Å². The fourth-order valence-electron chi connectivity index (χ4n) is 1.69. The molecule has 20 heavy (non-hydrogen) atoms. The van der Waals surface area contributed by atoms with Gasteiger partial charge in [-0.25, -0.2) is 4.98 Å². The number of nitrogens with zero attached hydrogens (tertiary/aromatic N) is 2. The molecule has 0 amide bonds. The van der Waals surface area contributed by atoms with Crippen LogP contribution in [0.1, 0.15) is 28.7 Å². The van der Waals surface area contributed by atoms with Gasteiger partial charge in [0.15, 0.2) is 5.78 Å². The highest BCUT2D eigenvalue weighted by molar-refractivity contribution is 7.17. The molecule has 0 spiro atoms. The van der Waals surface area contributed by atoms with Crippen LogP contribution in [0.2, 0.25) is 0 Å². The molecule has 0 unspecified atom stereocenters. The molecule has 0 atom stereocenters. The van der Waals surface area contributed by atoms with Gasteiger partial charge in [-0.15, -0.1) is 11.3 Å². The van der Waals surface area contributed by atoms with E-state index in [4.69, 9.17) is 4.74 Å². The Balaban J connectivity index is 2.20. The summed E-state index contributed by atoms with van der Waals surface area (Å²) in [6.07, 6.45) is 3.12. The Morgan fingerprint density at radius 3 is 2.85 bits per heavy atom. The lowest BCUT2D eigenvalue weighted by atomic mass is 10.2. The highest BCUT2D eigenvalue weighted by atomic mass is 32.1. The number of Topliss-reactive ketones (excluding diaryl/α,β-unsaturated/α-hetero) is 1. The van der Waals surface area contributed by atoms with Gasteiger partial charge in [0.1, 0.15) is 11.4 Å². The van der Waals surface area contributed by atoms with Crippen LogP contribution in [0.5, 0.6) is 0 Å². The van der Waals surface area contributed by atoms with Gasteiger partial charge in [0, 0.05) is 18.0 Å². The fourth-order valence-corrected chi connectivity index (χ4v) is 2.69. The maximum absolute atomic E-state index is 12.0. The molecule has 0 saturated heterocycles. The summed E-state index contributed by atoms with van der Waals surface area (Å²) >= 11 is 1.27. The maximum Gasteiger partial charge on any atom is 0.313 e. The number of hydrogen-bond donors (Lipinski definition) is 0. The summed E-state index contributed by atoms with van der Waals surface area (Å²) in [5, 5.41) is 0.725. The van der Waals surface area contributed by atoms with Crippen molar-refractivity contribution in [2.75, 3.05) is 6.61 Å². The smallest absolute Gasteiger partial charge is 0.313 e. The summed E-state index contributed by atoms with van der Waals surface area (Å²) in [7, 11) is 0. The number of aromatic nitrogens is 2. The van der Waals surface area contributed by atoms with Crippen LogP contribution in [0.15, 0.2) is 24.5 Å². The number of aryl methyl sites for hydroxylation is 1. The van der Waals surface area contributed by atoms with Gasteiger partial charge in [0.05, 0.1) is 17.2 Å². The highest BCUT2D eigenvalue weighted by Gasteiger charge is 2.19. The molecule has 2 heterocycles. The maximum atomic E-state index is 12.0. The molecule has 0 aromatic carbocycles. The summed E-state index contributed by atoms with van der Waals surface area (Å²) in [5.74, 6) is -0.762. The Hall–Kier alpha value is -2.08. The van der Waals surface area contributed by atoms with Crippen LogP contribution in [-0.2, 0) is 9.53 Å². The molecule has 0 aliphatic carbocycles. The number of rotatable bonds is 5. The molecule has 0 radical (unpaired) electrons. The molecule has 2 rings (SSSR count). The third kappa shape index (κ3) is 3.27. The molecular weight excluding hydrogens is 276 g/mol. The number of thiazole rings is 1.